The Hall–Kier alpha value is -2.75. The summed E-state index contributed by atoms with van der Waals surface area (Å²) in [7, 11) is 0. The van der Waals surface area contributed by atoms with Crippen LogP contribution in [0, 0.1) is 5.92 Å². The first-order valence-corrected chi connectivity index (χ1v) is 11.6. The van der Waals surface area contributed by atoms with Crippen LogP contribution in [0.4, 0.5) is 26.3 Å². The number of aromatic amines is 1. The van der Waals surface area contributed by atoms with Gasteiger partial charge in [-0.25, -0.2) is 4.98 Å². The van der Waals surface area contributed by atoms with Gasteiger partial charge in [0.2, 0.25) is 0 Å². The fraction of sp³-hybridized carbons (Fsp3) is 0.480. The molecular weight excluding hydrogens is 472 g/mol. The molecule has 0 radical (unpaired) electrons. The Balaban J connectivity index is 0.000000514. The van der Waals surface area contributed by atoms with Gasteiger partial charge in [0.25, 0.3) is 0 Å². The summed E-state index contributed by atoms with van der Waals surface area (Å²) in [6.07, 6.45) is -2.69. The van der Waals surface area contributed by atoms with Gasteiger partial charge in [0.05, 0.1) is 23.0 Å². The van der Waals surface area contributed by atoms with E-state index >= 15 is 0 Å². The lowest BCUT2D eigenvalue weighted by Gasteiger charge is -2.18. The van der Waals surface area contributed by atoms with Crippen molar-refractivity contribution >= 4 is 11.0 Å². The molecule has 1 saturated carbocycles. The van der Waals surface area contributed by atoms with E-state index in [2.05, 4.69) is 22.2 Å². The highest BCUT2D eigenvalue weighted by Crippen LogP contribution is 2.37. The highest BCUT2D eigenvalue weighted by molar-refractivity contribution is 5.80. The molecular formula is C25H27F6N3O. The molecule has 1 aromatic heterocycles. The van der Waals surface area contributed by atoms with Crippen molar-refractivity contribution in [2.45, 2.75) is 56.9 Å². The van der Waals surface area contributed by atoms with Crippen LogP contribution in [0.25, 0.3) is 11.0 Å². The van der Waals surface area contributed by atoms with E-state index in [-0.39, 0.29) is 35.3 Å². The Morgan fingerprint density at radius 3 is 2.26 bits per heavy atom. The monoisotopic (exact) mass is 499 g/mol. The van der Waals surface area contributed by atoms with E-state index < -0.39 is 23.5 Å². The Labute approximate surface area is 199 Å². The van der Waals surface area contributed by atoms with E-state index in [1.54, 1.807) is 0 Å². The molecule has 2 aliphatic rings. The van der Waals surface area contributed by atoms with Gasteiger partial charge in [0, 0.05) is 18.7 Å². The van der Waals surface area contributed by atoms with Crippen LogP contribution in [-0.4, -0.2) is 29.2 Å². The fourth-order valence-electron chi connectivity index (χ4n) is 4.28. The zero-order chi connectivity index (χ0) is 25.2. The number of aromatic nitrogens is 2. The molecule has 2 heterocycles. The third kappa shape index (κ3) is 6.28. The highest BCUT2D eigenvalue weighted by atomic mass is 19.4. The number of fused-ring (bicyclic) bond motifs is 1. The number of H-pyrrole nitrogens is 1. The largest absolute Gasteiger partial charge is 0.492 e. The van der Waals surface area contributed by atoms with Crippen molar-refractivity contribution in [3.63, 3.8) is 0 Å². The van der Waals surface area contributed by atoms with Gasteiger partial charge in [-0.3, -0.25) is 0 Å². The molecule has 1 saturated heterocycles. The number of nitrogens with one attached hydrogen (secondary N) is 2. The Morgan fingerprint density at radius 2 is 1.69 bits per heavy atom. The predicted octanol–water partition coefficient (Wildman–Crippen LogP) is 6.93. The molecule has 4 nitrogen and oxygen atoms in total. The van der Waals surface area contributed by atoms with E-state index in [4.69, 9.17) is 4.74 Å². The molecule has 0 bridgehead atoms. The summed E-state index contributed by atoms with van der Waals surface area (Å²) >= 11 is 0. The van der Waals surface area contributed by atoms with Crippen LogP contribution in [0.3, 0.4) is 0 Å². The lowest BCUT2D eigenvalue weighted by atomic mass is 9.88. The van der Waals surface area contributed by atoms with Crippen molar-refractivity contribution in [1.29, 1.82) is 0 Å². The van der Waals surface area contributed by atoms with Gasteiger partial charge >= 0.3 is 12.4 Å². The summed E-state index contributed by atoms with van der Waals surface area (Å²) in [5, 5.41) is 3.21. The summed E-state index contributed by atoms with van der Waals surface area (Å²) in [4.78, 5) is 6.37. The van der Waals surface area contributed by atoms with Crippen molar-refractivity contribution in [3.05, 3.63) is 59.4 Å². The number of hydrogen-bond donors (Lipinski definition) is 2. The second kappa shape index (κ2) is 10.1. The number of hydrogen-bond acceptors (Lipinski definition) is 3. The first kappa shape index (κ1) is 25.3. The average Bonchev–Trinajstić information content (AvgIpc) is 3.44. The topological polar surface area (TPSA) is 49.9 Å². The van der Waals surface area contributed by atoms with Gasteiger partial charge in [-0.1, -0.05) is 38.3 Å². The van der Waals surface area contributed by atoms with Crippen LogP contribution in [0.5, 0.6) is 5.75 Å². The minimum atomic E-state index is -4.56. The second-order valence-electron chi connectivity index (χ2n) is 9.27. The zero-order valence-corrected chi connectivity index (χ0v) is 19.1. The number of nitrogens with zero attached hydrogens (tertiary/aromatic N) is 1. The van der Waals surface area contributed by atoms with Crippen molar-refractivity contribution in [3.8, 4) is 5.75 Å². The van der Waals surface area contributed by atoms with Gasteiger partial charge in [-0.05, 0) is 42.0 Å². The molecule has 10 heteroatoms. The molecule has 35 heavy (non-hydrogen) atoms. The second-order valence-corrected chi connectivity index (χ2v) is 9.27. The van der Waals surface area contributed by atoms with Crippen LogP contribution < -0.4 is 10.1 Å². The Kier molecular flexibility index (Phi) is 7.30. The molecule has 2 unspecified atom stereocenters. The third-order valence-corrected chi connectivity index (χ3v) is 6.58. The lowest BCUT2D eigenvalue weighted by Crippen LogP contribution is -2.28. The van der Waals surface area contributed by atoms with E-state index in [1.165, 1.54) is 43.8 Å². The lowest BCUT2D eigenvalue weighted by molar-refractivity contribution is -0.138. The number of halogens is 6. The zero-order valence-electron chi connectivity index (χ0n) is 19.1. The van der Waals surface area contributed by atoms with Crippen LogP contribution in [0.2, 0.25) is 0 Å². The molecule has 2 atom stereocenters. The molecule has 5 rings (SSSR count). The summed E-state index contributed by atoms with van der Waals surface area (Å²) in [5.74, 6) is 1.13. The number of benzene rings is 2. The van der Waals surface area contributed by atoms with Gasteiger partial charge in [-0.2, -0.15) is 26.3 Å². The molecule has 2 fully saturated rings. The smallest absolute Gasteiger partial charge is 0.418 e. The molecule has 2 N–H and O–H groups in total. The van der Waals surface area contributed by atoms with Crippen molar-refractivity contribution in [2.75, 3.05) is 13.2 Å². The van der Waals surface area contributed by atoms with Crippen molar-refractivity contribution in [1.82, 2.24) is 15.3 Å². The van der Waals surface area contributed by atoms with E-state index in [1.807, 2.05) is 0 Å². The molecule has 0 spiro atoms. The highest BCUT2D eigenvalue weighted by Gasteiger charge is 2.35. The maximum absolute atomic E-state index is 13.3. The first-order valence-electron chi connectivity index (χ1n) is 11.6. The maximum Gasteiger partial charge on any atom is 0.418 e. The summed E-state index contributed by atoms with van der Waals surface area (Å²) < 4.78 is 83.5. The standard InChI is InChI=1S/C20H17F6N3O.C5H10/c21-19(22,23)13-3-1-11(2-4-13)12-5-14(27-8-12)9-30-15-6-16(20(24,25)26)18-17(7-15)28-10-29-18;1-5-3-2-4-5/h1-4,6-7,10,12,14,27H,5,8-9H2,(H,28,29);5H,2-4H2,1H3. The van der Waals surface area contributed by atoms with Crippen LogP contribution >= 0.6 is 0 Å². The fourth-order valence-corrected chi connectivity index (χ4v) is 4.28. The molecule has 190 valence electrons. The summed E-state index contributed by atoms with van der Waals surface area (Å²) in [5.41, 5.74) is -0.751. The number of ether oxygens (including phenoxy) is 1. The Morgan fingerprint density at radius 1 is 1.00 bits per heavy atom. The third-order valence-electron chi connectivity index (χ3n) is 6.58. The minimum absolute atomic E-state index is 0.00158. The predicted molar refractivity (Wildman–Crippen MR) is 120 cm³/mol. The SMILES string of the molecule is CC1CCC1.FC(F)(F)c1ccc(C2CNC(COc3cc(C(F)(F)F)c4nc[nH]c4c3)C2)cc1. The van der Waals surface area contributed by atoms with Crippen LogP contribution in [0.1, 0.15) is 55.2 Å². The molecule has 1 aliphatic carbocycles. The number of imidazole rings is 1. The minimum Gasteiger partial charge on any atom is -0.492 e. The van der Waals surface area contributed by atoms with Crippen molar-refractivity contribution < 1.29 is 31.1 Å². The molecule has 0 amide bonds. The summed E-state index contributed by atoms with van der Waals surface area (Å²) in [6, 6.07) is 7.27. The van der Waals surface area contributed by atoms with Gasteiger partial charge in [-0.15, -0.1) is 0 Å². The van der Waals surface area contributed by atoms with Gasteiger partial charge in [0.15, 0.2) is 0 Å². The van der Waals surface area contributed by atoms with E-state index in [0.717, 1.165) is 29.7 Å². The van der Waals surface area contributed by atoms with Crippen LogP contribution in [0.15, 0.2) is 42.7 Å². The summed E-state index contributed by atoms with van der Waals surface area (Å²) in [6.45, 7) is 2.99. The Bertz CT molecular complexity index is 1120. The molecule has 2 aromatic carbocycles. The number of rotatable bonds is 4. The van der Waals surface area contributed by atoms with E-state index in [9.17, 15) is 26.3 Å². The first-order chi connectivity index (χ1) is 16.5. The molecule has 3 aromatic rings. The van der Waals surface area contributed by atoms with E-state index in [0.29, 0.717) is 13.0 Å². The molecule has 1 aliphatic heterocycles. The van der Waals surface area contributed by atoms with Crippen LogP contribution in [-0.2, 0) is 12.4 Å². The number of alkyl halides is 6. The van der Waals surface area contributed by atoms with Gasteiger partial charge in [0.1, 0.15) is 17.9 Å². The van der Waals surface area contributed by atoms with Crippen molar-refractivity contribution in [2.24, 2.45) is 5.92 Å². The normalized spacial score (nSPS) is 20.9. The average molecular weight is 499 g/mol. The van der Waals surface area contributed by atoms with Gasteiger partial charge < -0.3 is 15.0 Å². The quantitative estimate of drug-likeness (QED) is 0.383. The maximum atomic E-state index is 13.3.